The molecule has 1 N–H and O–H groups in total. The molecular weight excluding hydrogens is 322 g/mol. The van der Waals surface area contributed by atoms with Crippen molar-refractivity contribution in [3.63, 3.8) is 0 Å². The maximum absolute atomic E-state index is 12.3. The van der Waals surface area contributed by atoms with E-state index < -0.39 is 0 Å². The smallest absolute Gasteiger partial charge is 0.256 e. The van der Waals surface area contributed by atoms with Gasteiger partial charge in [0.1, 0.15) is 0 Å². The molecule has 3 atom stereocenters. The number of thioether (sulfide) groups is 1. The summed E-state index contributed by atoms with van der Waals surface area (Å²) in [6.07, 6.45) is 3.54. The first-order valence-corrected chi connectivity index (χ1v) is 9.56. The summed E-state index contributed by atoms with van der Waals surface area (Å²) in [6.45, 7) is 8.46. The number of nitrogens with one attached hydrogen (secondary N) is 1. The van der Waals surface area contributed by atoms with E-state index in [1.54, 1.807) is 0 Å². The number of rotatable bonds is 4. The molecular formula is C17H25N5OS. The lowest BCUT2D eigenvalue weighted by Gasteiger charge is -2.34. The van der Waals surface area contributed by atoms with Crippen LogP contribution in [0.2, 0.25) is 0 Å². The van der Waals surface area contributed by atoms with Crippen molar-refractivity contribution >= 4 is 23.4 Å². The summed E-state index contributed by atoms with van der Waals surface area (Å²) in [5.74, 6) is 2.22. The van der Waals surface area contributed by atoms with Crippen molar-refractivity contribution in [2.45, 2.75) is 58.2 Å². The van der Waals surface area contributed by atoms with Crippen LogP contribution in [0.3, 0.4) is 0 Å². The summed E-state index contributed by atoms with van der Waals surface area (Å²) < 4.78 is 1.90. The van der Waals surface area contributed by atoms with E-state index in [2.05, 4.69) is 34.3 Å². The van der Waals surface area contributed by atoms with Gasteiger partial charge in [0.25, 0.3) is 5.78 Å². The Morgan fingerprint density at radius 1 is 1.33 bits per heavy atom. The molecule has 0 spiro atoms. The minimum Gasteiger partial charge on any atom is -0.352 e. The van der Waals surface area contributed by atoms with Gasteiger partial charge in [-0.1, -0.05) is 38.5 Å². The van der Waals surface area contributed by atoms with Crippen molar-refractivity contribution in [2.24, 2.45) is 11.8 Å². The summed E-state index contributed by atoms with van der Waals surface area (Å²) in [7, 11) is 0. The fourth-order valence-electron chi connectivity index (χ4n) is 3.46. The standard InChI is InChI=1S/C17H25N5OS/c1-10-6-5-7-14(13(10)4)19-15(23)9-24-17-21-20-16-18-11(2)8-12(3)22(16)17/h8,10,13-14H,5-7,9H2,1-4H3,(H,19,23)/t10-,13-,14+/m0/s1. The Bertz CT molecular complexity index is 744. The molecule has 130 valence electrons. The van der Waals surface area contributed by atoms with E-state index >= 15 is 0 Å². The van der Waals surface area contributed by atoms with Crippen molar-refractivity contribution in [2.75, 3.05) is 5.75 Å². The van der Waals surface area contributed by atoms with Gasteiger partial charge in [0.05, 0.1) is 5.75 Å². The van der Waals surface area contributed by atoms with E-state index in [1.807, 2.05) is 24.3 Å². The van der Waals surface area contributed by atoms with Gasteiger partial charge in [0, 0.05) is 17.4 Å². The molecule has 6 nitrogen and oxygen atoms in total. The van der Waals surface area contributed by atoms with Crippen molar-refractivity contribution < 1.29 is 4.79 Å². The zero-order chi connectivity index (χ0) is 17.3. The molecule has 1 aliphatic carbocycles. The molecule has 2 aromatic rings. The average molecular weight is 347 g/mol. The molecule has 0 unspecified atom stereocenters. The molecule has 1 saturated carbocycles. The first kappa shape index (κ1) is 17.2. The van der Waals surface area contributed by atoms with Gasteiger partial charge in [-0.15, -0.1) is 10.2 Å². The van der Waals surface area contributed by atoms with Crippen LogP contribution >= 0.6 is 11.8 Å². The van der Waals surface area contributed by atoms with Crippen molar-refractivity contribution in [3.05, 3.63) is 17.5 Å². The monoisotopic (exact) mass is 347 g/mol. The minimum atomic E-state index is 0.0698. The highest BCUT2D eigenvalue weighted by Gasteiger charge is 2.28. The second-order valence-corrected chi connectivity index (χ2v) is 7.83. The van der Waals surface area contributed by atoms with E-state index in [0.29, 0.717) is 29.4 Å². The van der Waals surface area contributed by atoms with Gasteiger partial charge >= 0.3 is 0 Å². The SMILES string of the molecule is Cc1cc(C)n2c(SCC(=O)N[C@@H]3CCC[C@H](C)[C@@H]3C)nnc2n1. The van der Waals surface area contributed by atoms with Gasteiger partial charge in [0.2, 0.25) is 5.91 Å². The second-order valence-electron chi connectivity index (χ2n) is 6.89. The molecule has 2 aromatic heterocycles. The Kier molecular flexibility index (Phi) is 5.08. The number of carbonyl (C=O) groups excluding carboxylic acids is 1. The molecule has 1 amide bonds. The van der Waals surface area contributed by atoms with Crippen LogP contribution in [-0.2, 0) is 4.79 Å². The van der Waals surface area contributed by atoms with Crippen LogP contribution in [0.25, 0.3) is 5.78 Å². The van der Waals surface area contributed by atoms with Gasteiger partial charge in [-0.05, 0) is 38.2 Å². The molecule has 2 heterocycles. The van der Waals surface area contributed by atoms with Crippen molar-refractivity contribution in [1.29, 1.82) is 0 Å². The quantitative estimate of drug-likeness (QED) is 0.861. The zero-order valence-electron chi connectivity index (χ0n) is 14.7. The molecule has 0 aliphatic heterocycles. The maximum Gasteiger partial charge on any atom is 0.256 e. The van der Waals surface area contributed by atoms with Crippen LogP contribution in [0.15, 0.2) is 11.2 Å². The number of hydrogen-bond donors (Lipinski definition) is 1. The van der Waals surface area contributed by atoms with E-state index in [4.69, 9.17) is 0 Å². The van der Waals surface area contributed by atoms with Crippen LogP contribution in [0, 0.1) is 25.7 Å². The number of aromatic nitrogens is 4. The number of aryl methyl sites for hydroxylation is 2. The Balaban J connectivity index is 1.62. The lowest BCUT2D eigenvalue weighted by molar-refractivity contribution is -0.120. The summed E-state index contributed by atoms with van der Waals surface area (Å²) >= 11 is 1.41. The Morgan fingerprint density at radius 2 is 2.12 bits per heavy atom. The maximum atomic E-state index is 12.3. The van der Waals surface area contributed by atoms with Crippen molar-refractivity contribution in [3.8, 4) is 0 Å². The summed E-state index contributed by atoms with van der Waals surface area (Å²) in [6, 6.07) is 2.29. The summed E-state index contributed by atoms with van der Waals surface area (Å²) in [5.41, 5.74) is 1.95. The second kappa shape index (κ2) is 7.09. The largest absolute Gasteiger partial charge is 0.352 e. The molecule has 0 radical (unpaired) electrons. The number of carbonyl (C=O) groups is 1. The molecule has 3 rings (SSSR count). The van der Waals surface area contributed by atoms with Gasteiger partial charge in [0.15, 0.2) is 5.16 Å². The molecule has 0 aromatic carbocycles. The van der Waals surface area contributed by atoms with E-state index in [1.165, 1.54) is 24.6 Å². The fourth-order valence-corrected chi connectivity index (χ4v) is 4.25. The Morgan fingerprint density at radius 3 is 2.92 bits per heavy atom. The van der Waals surface area contributed by atoms with Crippen LogP contribution in [0.1, 0.15) is 44.5 Å². The van der Waals surface area contributed by atoms with E-state index in [9.17, 15) is 4.79 Å². The highest BCUT2D eigenvalue weighted by molar-refractivity contribution is 7.99. The van der Waals surface area contributed by atoms with Gasteiger partial charge < -0.3 is 5.32 Å². The first-order chi connectivity index (χ1) is 11.5. The van der Waals surface area contributed by atoms with Crippen LogP contribution in [0.4, 0.5) is 0 Å². The minimum absolute atomic E-state index is 0.0698. The third-order valence-electron chi connectivity index (χ3n) is 5.05. The molecule has 24 heavy (non-hydrogen) atoms. The normalized spacial score (nSPS) is 24.2. The summed E-state index contributed by atoms with van der Waals surface area (Å²) in [5, 5.41) is 12.2. The third-order valence-corrected chi connectivity index (χ3v) is 5.98. The highest BCUT2D eigenvalue weighted by atomic mass is 32.2. The molecule has 0 bridgehead atoms. The molecule has 7 heteroatoms. The predicted molar refractivity (Wildman–Crippen MR) is 95.1 cm³/mol. The lowest BCUT2D eigenvalue weighted by atomic mass is 9.78. The highest BCUT2D eigenvalue weighted by Crippen LogP contribution is 2.29. The predicted octanol–water partition coefficient (Wildman–Crippen LogP) is 2.77. The Hall–Kier alpha value is -1.63. The van der Waals surface area contributed by atoms with E-state index in [-0.39, 0.29) is 5.91 Å². The topological polar surface area (TPSA) is 72.2 Å². The van der Waals surface area contributed by atoms with Gasteiger partial charge in [-0.3, -0.25) is 9.20 Å². The first-order valence-electron chi connectivity index (χ1n) is 8.57. The number of nitrogens with zero attached hydrogens (tertiary/aromatic N) is 4. The molecule has 1 aliphatic rings. The van der Waals surface area contributed by atoms with Crippen LogP contribution in [0.5, 0.6) is 0 Å². The molecule has 1 fully saturated rings. The number of hydrogen-bond acceptors (Lipinski definition) is 5. The third kappa shape index (κ3) is 3.55. The van der Waals surface area contributed by atoms with Gasteiger partial charge in [-0.25, -0.2) is 4.98 Å². The van der Waals surface area contributed by atoms with E-state index in [0.717, 1.165) is 23.0 Å². The summed E-state index contributed by atoms with van der Waals surface area (Å²) in [4.78, 5) is 16.7. The zero-order valence-corrected chi connectivity index (χ0v) is 15.6. The average Bonchev–Trinajstić information content (AvgIpc) is 2.93. The van der Waals surface area contributed by atoms with Crippen molar-refractivity contribution in [1.82, 2.24) is 24.9 Å². The van der Waals surface area contributed by atoms with Gasteiger partial charge in [-0.2, -0.15) is 0 Å². The molecule has 0 saturated heterocycles. The van der Waals surface area contributed by atoms with Crippen LogP contribution < -0.4 is 5.32 Å². The number of amides is 1. The number of fused-ring (bicyclic) bond motifs is 1. The fraction of sp³-hybridized carbons (Fsp3) is 0.647. The Labute approximate surface area is 146 Å². The van der Waals surface area contributed by atoms with Crippen LogP contribution in [-0.4, -0.2) is 37.3 Å². The lowest BCUT2D eigenvalue weighted by Crippen LogP contribution is -2.44.